The summed E-state index contributed by atoms with van der Waals surface area (Å²) >= 11 is 1.49. The molecule has 4 nitrogen and oxygen atoms in total. The van der Waals surface area contributed by atoms with Crippen molar-refractivity contribution in [1.29, 1.82) is 0 Å². The van der Waals surface area contributed by atoms with E-state index < -0.39 is 11.7 Å². The van der Waals surface area contributed by atoms with Crippen molar-refractivity contribution in [2.45, 2.75) is 6.18 Å². The van der Waals surface area contributed by atoms with Gasteiger partial charge < -0.3 is 14.7 Å². The Kier molecular flexibility index (Phi) is 6.29. The van der Waals surface area contributed by atoms with Crippen LogP contribution in [-0.4, -0.2) is 56.3 Å². The lowest BCUT2D eigenvalue weighted by Crippen LogP contribution is -2.44. The number of hydrogen-bond donors (Lipinski definition) is 0. The second kappa shape index (κ2) is 8.96. The van der Waals surface area contributed by atoms with E-state index in [1.807, 2.05) is 24.3 Å². The van der Waals surface area contributed by atoms with Crippen LogP contribution in [0.25, 0.3) is 6.08 Å². The molecule has 0 atom stereocenters. The Morgan fingerprint density at radius 1 is 0.935 bits per heavy atom. The van der Waals surface area contributed by atoms with Crippen molar-refractivity contribution in [3.8, 4) is 0 Å². The number of carbonyl (C=O) groups is 1. The second-order valence-corrected chi connectivity index (χ2v) is 8.84. The van der Waals surface area contributed by atoms with Crippen LogP contribution in [0, 0.1) is 0 Å². The maximum Gasteiger partial charge on any atom is 0.416 e. The number of benzene rings is 2. The lowest BCUT2D eigenvalue weighted by atomic mass is 10.1. The Morgan fingerprint density at radius 3 is 2.29 bits per heavy atom. The number of anilines is 2. The summed E-state index contributed by atoms with van der Waals surface area (Å²) in [6.45, 7) is 4.29. The minimum atomic E-state index is -4.39. The molecule has 2 saturated heterocycles. The summed E-state index contributed by atoms with van der Waals surface area (Å²) in [7, 11) is 2.11. The highest BCUT2D eigenvalue weighted by molar-refractivity contribution is 8.04. The third kappa shape index (κ3) is 4.91. The molecule has 0 saturated carbocycles. The Hall–Kier alpha value is -2.45. The van der Waals surface area contributed by atoms with Gasteiger partial charge in [0.2, 0.25) is 0 Å². The van der Waals surface area contributed by atoms with Gasteiger partial charge in [-0.25, -0.2) is 0 Å². The van der Waals surface area contributed by atoms with E-state index >= 15 is 0 Å². The number of carbonyl (C=O) groups excluding carboxylic acids is 1. The molecule has 2 aliphatic rings. The predicted octanol–water partition coefficient (Wildman–Crippen LogP) is 4.58. The number of thioether (sulfide) groups is 1. The van der Waals surface area contributed by atoms with Crippen LogP contribution in [0.2, 0.25) is 0 Å². The zero-order valence-corrected chi connectivity index (χ0v) is 18.0. The zero-order valence-electron chi connectivity index (χ0n) is 17.2. The Labute approximate surface area is 184 Å². The molecule has 0 unspecified atom stereocenters. The first-order chi connectivity index (χ1) is 14.8. The average Bonchev–Trinajstić information content (AvgIpc) is 2.76. The molecule has 0 aromatic heterocycles. The first kappa shape index (κ1) is 21.8. The van der Waals surface area contributed by atoms with Gasteiger partial charge >= 0.3 is 6.18 Å². The number of amides is 1. The lowest BCUT2D eigenvalue weighted by molar-refractivity contribution is -0.137. The third-order valence-electron chi connectivity index (χ3n) is 5.60. The summed E-state index contributed by atoms with van der Waals surface area (Å²) < 4.78 is 38.6. The van der Waals surface area contributed by atoms with E-state index in [1.54, 1.807) is 4.90 Å². The van der Waals surface area contributed by atoms with Gasteiger partial charge in [0.1, 0.15) is 0 Å². The zero-order chi connectivity index (χ0) is 22.0. The quantitative estimate of drug-likeness (QED) is 0.644. The monoisotopic (exact) mass is 447 g/mol. The fraction of sp³-hybridized carbons (Fsp3) is 0.348. The van der Waals surface area contributed by atoms with E-state index in [4.69, 9.17) is 0 Å². The van der Waals surface area contributed by atoms with Crippen LogP contribution in [0.1, 0.15) is 11.1 Å². The largest absolute Gasteiger partial charge is 0.416 e. The van der Waals surface area contributed by atoms with E-state index in [0.717, 1.165) is 49.6 Å². The SMILES string of the molecule is CN1CCN(c2ccccc2/C=C2\SCCN(c3ccc(C(F)(F)F)cc3)C2=O)CC1. The summed E-state index contributed by atoms with van der Waals surface area (Å²) in [6, 6.07) is 12.8. The molecule has 0 N–H and O–H groups in total. The van der Waals surface area contributed by atoms with Gasteiger partial charge in [-0.3, -0.25) is 4.79 Å². The van der Waals surface area contributed by atoms with E-state index in [0.29, 0.717) is 22.9 Å². The second-order valence-electron chi connectivity index (χ2n) is 7.71. The molecular weight excluding hydrogens is 423 g/mol. The van der Waals surface area contributed by atoms with Crippen molar-refractivity contribution >= 4 is 35.1 Å². The molecule has 31 heavy (non-hydrogen) atoms. The number of piperazine rings is 1. The Balaban J connectivity index is 1.57. The molecule has 0 aliphatic carbocycles. The summed E-state index contributed by atoms with van der Waals surface area (Å²) in [5, 5.41) is 0. The molecule has 0 radical (unpaired) electrons. The van der Waals surface area contributed by atoms with Crippen molar-refractivity contribution in [2.24, 2.45) is 0 Å². The van der Waals surface area contributed by atoms with Gasteiger partial charge in [-0.05, 0) is 49.0 Å². The molecule has 1 amide bonds. The van der Waals surface area contributed by atoms with Crippen LogP contribution in [-0.2, 0) is 11.0 Å². The van der Waals surface area contributed by atoms with Crippen LogP contribution in [0.3, 0.4) is 0 Å². The molecule has 2 fully saturated rings. The molecule has 2 aliphatic heterocycles. The molecule has 2 heterocycles. The van der Waals surface area contributed by atoms with E-state index in [1.165, 1.54) is 23.9 Å². The van der Waals surface area contributed by atoms with Gasteiger partial charge in [-0.15, -0.1) is 11.8 Å². The van der Waals surface area contributed by atoms with Crippen molar-refractivity contribution in [2.75, 3.05) is 55.3 Å². The van der Waals surface area contributed by atoms with Gasteiger partial charge in [-0.2, -0.15) is 13.2 Å². The van der Waals surface area contributed by atoms with E-state index in [-0.39, 0.29) is 5.91 Å². The van der Waals surface area contributed by atoms with Gasteiger partial charge in [0.25, 0.3) is 5.91 Å². The standard InChI is InChI=1S/C23H24F3N3OS/c1-27-10-12-28(13-11-27)20-5-3-2-4-17(20)16-21-22(30)29(14-15-31-21)19-8-6-18(7-9-19)23(24,25)26/h2-9,16H,10-15H2,1H3/b21-16-. The third-order valence-corrected chi connectivity index (χ3v) is 6.59. The smallest absolute Gasteiger partial charge is 0.368 e. The van der Waals surface area contributed by atoms with Gasteiger partial charge in [0, 0.05) is 49.9 Å². The topological polar surface area (TPSA) is 26.8 Å². The maximum absolute atomic E-state index is 13.1. The Morgan fingerprint density at radius 2 is 1.61 bits per heavy atom. The highest BCUT2D eigenvalue weighted by Gasteiger charge is 2.31. The van der Waals surface area contributed by atoms with Crippen molar-refractivity contribution in [1.82, 2.24) is 4.90 Å². The number of para-hydroxylation sites is 1. The van der Waals surface area contributed by atoms with Gasteiger partial charge in [0.05, 0.1) is 10.5 Å². The molecule has 4 rings (SSSR count). The van der Waals surface area contributed by atoms with Gasteiger partial charge in [-0.1, -0.05) is 18.2 Å². The molecule has 2 aromatic carbocycles. The first-order valence-electron chi connectivity index (χ1n) is 10.2. The van der Waals surface area contributed by atoms with Crippen LogP contribution < -0.4 is 9.80 Å². The molecule has 0 bridgehead atoms. The van der Waals surface area contributed by atoms with Crippen molar-refractivity contribution in [3.63, 3.8) is 0 Å². The fourth-order valence-corrected chi connectivity index (χ4v) is 4.75. The number of hydrogen-bond acceptors (Lipinski definition) is 4. The lowest BCUT2D eigenvalue weighted by Gasteiger charge is -2.35. The first-order valence-corrected chi connectivity index (χ1v) is 11.2. The summed E-state index contributed by atoms with van der Waals surface area (Å²) in [6.07, 6.45) is -2.48. The van der Waals surface area contributed by atoms with Crippen LogP contribution >= 0.6 is 11.8 Å². The van der Waals surface area contributed by atoms with Crippen LogP contribution in [0.15, 0.2) is 53.4 Å². The highest BCUT2D eigenvalue weighted by Crippen LogP contribution is 2.34. The molecular formula is C23H24F3N3OS. The molecule has 8 heteroatoms. The van der Waals surface area contributed by atoms with Crippen molar-refractivity contribution < 1.29 is 18.0 Å². The highest BCUT2D eigenvalue weighted by atomic mass is 32.2. The fourth-order valence-electron chi connectivity index (χ4n) is 3.81. The van der Waals surface area contributed by atoms with Gasteiger partial charge in [0.15, 0.2) is 0 Å². The summed E-state index contributed by atoms with van der Waals surface area (Å²) in [5.41, 5.74) is 1.85. The van der Waals surface area contributed by atoms with Crippen LogP contribution in [0.4, 0.5) is 24.5 Å². The minimum Gasteiger partial charge on any atom is -0.368 e. The number of nitrogens with zero attached hydrogens (tertiary/aromatic N) is 3. The molecule has 2 aromatic rings. The number of alkyl halides is 3. The number of likely N-dealkylation sites (N-methyl/N-ethyl adjacent to an activating group) is 1. The van der Waals surface area contributed by atoms with Crippen LogP contribution in [0.5, 0.6) is 0 Å². The summed E-state index contributed by atoms with van der Waals surface area (Å²) in [4.78, 5) is 19.9. The van der Waals surface area contributed by atoms with E-state index in [9.17, 15) is 18.0 Å². The molecule has 164 valence electrons. The van der Waals surface area contributed by atoms with E-state index in [2.05, 4.69) is 22.9 Å². The maximum atomic E-state index is 13.1. The predicted molar refractivity (Wildman–Crippen MR) is 120 cm³/mol. The Bertz CT molecular complexity index is 967. The normalized spacial score (nSPS) is 19.9. The number of halogens is 3. The average molecular weight is 448 g/mol. The molecule has 0 spiro atoms. The number of rotatable bonds is 3. The minimum absolute atomic E-state index is 0.177. The van der Waals surface area contributed by atoms with Crippen molar-refractivity contribution in [3.05, 3.63) is 64.6 Å². The summed E-state index contributed by atoms with van der Waals surface area (Å²) in [5.74, 6) is 0.513.